The number of piperidine rings is 1. The summed E-state index contributed by atoms with van der Waals surface area (Å²) in [6.07, 6.45) is 0.750. The molecule has 0 N–H and O–H groups in total. The topological polar surface area (TPSA) is 107 Å². The van der Waals surface area contributed by atoms with Gasteiger partial charge in [0.2, 0.25) is 10.0 Å². The molecule has 1 aromatic rings. The van der Waals surface area contributed by atoms with Gasteiger partial charge in [0, 0.05) is 24.7 Å². The van der Waals surface area contributed by atoms with E-state index in [4.69, 9.17) is 0 Å². The van der Waals surface area contributed by atoms with E-state index in [1.807, 2.05) is 0 Å². The molecule has 1 aliphatic heterocycles. The number of nitro benzene ring substituents is 1. The van der Waals surface area contributed by atoms with E-state index in [1.54, 1.807) is 0 Å². The van der Waals surface area contributed by atoms with Crippen LogP contribution >= 0.6 is 0 Å². The van der Waals surface area contributed by atoms with Crippen molar-refractivity contribution in [2.75, 3.05) is 20.2 Å². The van der Waals surface area contributed by atoms with Crippen LogP contribution in [0.4, 0.5) is 5.69 Å². The smallest absolute Gasteiger partial charge is 0.308 e. The van der Waals surface area contributed by atoms with Crippen LogP contribution in [0.5, 0.6) is 0 Å². The second-order valence-corrected chi connectivity index (χ2v) is 7.27. The first kappa shape index (κ1) is 17.4. The van der Waals surface area contributed by atoms with Crippen LogP contribution in [0.25, 0.3) is 0 Å². The van der Waals surface area contributed by atoms with Crippen molar-refractivity contribution in [3.63, 3.8) is 0 Å². The fourth-order valence-electron chi connectivity index (χ4n) is 2.72. The first-order valence-corrected chi connectivity index (χ1v) is 8.55. The molecule has 0 aliphatic carbocycles. The molecule has 1 heterocycles. The average molecular weight is 342 g/mol. The Kier molecular flexibility index (Phi) is 5.00. The zero-order chi connectivity index (χ0) is 17.2. The highest BCUT2D eigenvalue weighted by atomic mass is 32.2. The number of hydrogen-bond donors (Lipinski definition) is 0. The van der Waals surface area contributed by atoms with Gasteiger partial charge in [-0.15, -0.1) is 0 Å². The lowest BCUT2D eigenvalue weighted by Crippen LogP contribution is -2.40. The zero-order valence-electron chi connectivity index (χ0n) is 12.9. The minimum atomic E-state index is -3.83. The maximum Gasteiger partial charge on any atom is 0.308 e. The number of carbonyl (C=O) groups excluding carboxylic acids is 1. The number of hydrogen-bond acceptors (Lipinski definition) is 6. The first-order valence-electron chi connectivity index (χ1n) is 7.11. The van der Waals surface area contributed by atoms with Crippen molar-refractivity contribution in [2.24, 2.45) is 5.92 Å². The maximum absolute atomic E-state index is 12.7. The highest BCUT2D eigenvalue weighted by Gasteiger charge is 2.34. The number of nitro groups is 1. The number of ether oxygens (including phenoxy) is 1. The third kappa shape index (κ3) is 3.35. The Balaban J connectivity index is 2.26. The summed E-state index contributed by atoms with van der Waals surface area (Å²) in [7, 11) is -2.52. The van der Waals surface area contributed by atoms with E-state index in [1.165, 1.54) is 36.5 Å². The van der Waals surface area contributed by atoms with Crippen molar-refractivity contribution in [2.45, 2.75) is 24.7 Å². The lowest BCUT2D eigenvalue weighted by Gasteiger charge is -2.30. The van der Waals surface area contributed by atoms with Gasteiger partial charge in [0.05, 0.1) is 22.8 Å². The Morgan fingerprint density at radius 3 is 2.48 bits per heavy atom. The van der Waals surface area contributed by atoms with Crippen LogP contribution in [0.3, 0.4) is 0 Å². The van der Waals surface area contributed by atoms with E-state index in [9.17, 15) is 23.3 Å². The summed E-state index contributed by atoms with van der Waals surface area (Å²) in [6.45, 7) is 1.79. The van der Waals surface area contributed by atoms with Crippen molar-refractivity contribution in [1.29, 1.82) is 0 Å². The summed E-state index contributed by atoms with van der Waals surface area (Å²) in [4.78, 5) is 21.8. The number of rotatable bonds is 4. The number of methoxy groups -OCH3 is 1. The first-order chi connectivity index (χ1) is 10.8. The summed E-state index contributed by atoms with van der Waals surface area (Å²) in [6, 6.07) is 4.00. The van der Waals surface area contributed by atoms with Gasteiger partial charge in [-0.25, -0.2) is 8.42 Å². The van der Waals surface area contributed by atoms with Crippen molar-refractivity contribution in [3.05, 3.63) is 33.9 Å². The molecular weight excluding hydrogens is 324 g/mol. The molecule has 0 spiro atoms. The number of sulfonamides is 1. The zero-order valence-corrected chi connectivity index (χ0v) is 13.7. The standard InChI is InChI=1S/C14H18N2O6S/c1-10-12(16(18)19)4-3-5-13(10)23(20,21)15-8-6-11(7-9-15)14(17)22-2/h3-5,11H,6-9H2,1-2H3. The maximum atomic E-state index is 12.7. The molecule has 23 heavy (non-hydrogen) atoms. The molecule has 2 rings (SSSR count). The molecule has 0 unspecified atom stereocenters. The molecule has 1 aliphatic rings. The summed E-state index contributed by atoms with van der Waals surface area (Å²) in [5.41, 5.74) is -0.108. The van der Waals surface area contributed by atoms with E-state index in [2.05, 4.69) is 4.74 Å². The highest BCUT2D eigenvalue weighted by molar-refractivity contribution is 7.89. The Morgan fingerprint density at radius 1 is 1.35 bits per heavy atom. The molecule has 0 amide bonds. The highest BCUT2D eigenvalue weighted by Crippen LogP contribution is 2.29. The Morgan fingerprint density at radius 2 is 1.96 bits per heavy atom. The molecule has 1 saturated heterocycles. The summed E-state index contributed by atoms with van der Waals surface area (Å²) in [5.74, 6) is -0.647. The number of esters is 1. The van der Waals surface area contributed by atoms with Crippen LogP contribution in [-0.4, -0.2) is 43.8 Å². The lowest BCUT2D eigenvalue weighted by atomic mass is 9.99. The monoisotopic (exact) mass is 342 g/mol. The van der Waals surface area contributed by atoms with E-state index in [0.29, 0.717) is 12.8 Å². The van der Waals surface area contributed by atoms with Crippen molar-refractivity contribution >= 4 is 21.7 Å². The van der Waals surface area contributed by atoms with Gasteiger partial charge in [-0.3, -0.25) is 14.9 Å². The Labute approximate surface area is 134 Å². The molecule has 0 radical (unpaired) electrons. The molecule has 0 bridgehead atoms. The SMILES string of the molecule is COC(=O)C1CCN(S(=O)(=O)c2cccc([N+](=O)[O-])c2C)CC1. The molecule has 0 aromatic heterocycles. The largest absolute Gasteiger partial charge is 0.469 e. The molecule has 1 aromatic carbocycles. The lowest BCUT2D eigenvalue weighted by molar-refractivity contribution is -0.385. The fourth-order valence-corrected chi connectivity index (χ4v) is 4.43. The molecule has 126 valence electrons. The van der Waals surface area contributed by atoms with Crippen LogP contribution in [0.2, 0.25) is 0 Å². The minimum absolute atomic E-state index is 0.0665. The minimum Gasteiger partial charge on any atom is -0.469 e. The second-order valence-electron chi connectivity index (χ2n) is 5.36. The third-order valence-electron chi connectivity index (χ3n) is 4.06. The van der Waals surface area contributed by atoms with Gasteiger partial charge < -0.3 is 4.74 Å². The van der Waals surface area contributed by atoms with Gasteiger partial charge in [-0.1, -0.05) is 6.07 Å². The van der Waals surface area contributed by atoms with Crippen molar-refractivity contribution in [3.8, 4) is 0 Å². The molecule has 8 nitrogen and oxygen atoms in total. The van der Waals surface area contributed by atoms with E-state index in [-0.39, 0.29) is 41.1 Å². The fraction of sp³-hybridized carbons (Fsp3) is 0.500. The van der Waals surface area contributed by atoms with Crippen LogP contribution in [0.15, 0.2) is 23.1 Å². The van der Waals surface area contributed by atoms with Crippen molar-refractivity contribution in [1.82, 2.24) is 4.31 Å². The molecule has 9 heteroatoms. The predicted molar refractivity (Wildman–Crippen MR) is 81.3 cm³/mol. The summed E-state index contributed by atoms with van der Waals surface area (Å²) in [5, 5.41) is 11.0. The molecular formula is C14H18N2O6S. The van der Waals surface area contributed by atoms with Crippen LogP contribution < -0.4 is 0 Å². The molecule has 0 atom stereocenters. The molecule has 1 fully saturated rings. The average Bonchev–Trinajstić information content (AvgIpc) is 2.54. The van der Waals surface area contributed by atoms with Gasteiger partial charge in [0.25, 0.3) is 5.69 Å². The van der Waals surface area contributed by atoms with Gasteiger partial charge in [0.1, 0.15) is 0 Å². The van der Waals surface area contributed by atoms with Gasteiger partial charge >= 0.3 is 5.97 Å². The molecule has 0 saturated carbocycles. The van der Waals surface area contributed by atoms with E-state index >= 15 is 0 Å². The Hall–Kier alpha value is -2.00. The number of carbonyl (C=O) groups is 1. The second kappa shape index (κ2) is 6.63. The number of benzene rings is 1. The van der Waals surface area contributed by atoms with Crippen LogP contribution in [0.1, 0.15) is 18.4 Å². The van der Waals surface area contributed by atoms with E-state index in [0.717, 1.165) is 0 Å². The summed E-state index contributed by atoms with van der Waals surface area (Å²) < 4.78 is 31.4. The van der Waals surface area contributed by atoms with Crippen molar-refractivity contribution < 1.29 is 22.9 Å². The van der Waals surface area contributed by atoms with Crippen LogP contribution in [-0.2, 0) is 19.6 Å². The van der Waals surface area contributed by atoms with E-state index < -0.39 is 14.9 Å². The van der Waals surface area contributed by atoms with Crippen LogP contribution in [0, 0.1) is 23.0 Å². The van der Waals surface area contributed by atoms with Gasteiger partial charge in [0.15, 0.2) is 0 Å². The normalized spacial score (nSPS) is 17.0. The third-order valence-corrected chi connectivity index (χ3v) is 6.10. The predicted octanol–water partition coefficient (Wildman–Crippen LogP) is 1.48. The quantitative estimate of drug-likeness (QED) is 0.466. The summed E-state index contributed by atoms with van der Waals surface area (Å²) >= 11 is 0. The van der Waals surface area contributed by atoms with Gasteiger partial charge in [-0.2, -0.15) is 4.31 Å². The number of nitrogens with zero attached hydrogens (tertiary/aromatic N) is 2. The van der Waals surface area contributed by atoms with Gasteiger partial charge in [-0.05, 0) is 25.8 Å². The Bertz CT molecular complexity index is 723.